The minimum atomic E-state index is -2.83. The van der Waals surface area contributed by atoms with Crippen LogP contribution in [0.1, 0.15) is 24.3 Å². The van der Waals surface area contributed by atoms with E-state index in [1.165, 1.54) is 0 Å². The topological polar surface area (TPSA) is 74.6 Å². The molecule has 4 nitrogen and oxygen atoms in total. The van der Waals surface area contributed by atoms with Crippen molar-refractivity contribution in [2.45, 2.75) is 18.8 Å². The Morgan fingerprint density at radius 1 is 1.06 bits per heavy atom. The van der Waals surface area contributed by atoms with Crippen LogP contribution >= 0.6 is 0 Å². The number of hydrogen-bond acceptors (Lipinski definition) is 4. The normalized spacial score (nSPS) is 20.1. The molecule has 1 aromatic rings. The molecule has 1 aromatic carbocycles. The van der Waals surface area contributed by atoms with E-state index in [-0.39, 0.29) is 17.4 Å². The van der Waals surface area contributed by atoms with Crippen LogP contribution in [-0.2, 0) is 9.84 Å². The molecule has 6 heteroatoms. The van der Waals surface area contributed by atoms with E-state index in [9.17, 15) is 8.42 Å². The smallest absolute Gasteiger partial charge is 0.423 e. The molecule has 0 amide bonds. The Hall–Kier alpha value is -0.845. The maximum Gasteiger partial charge on any atom is 0.488 e. The lowest BCUT2D eigenvalue weighted by atomic mass is 9.79. The van der Waals surface area contributed by atoms with Crippen LogP contribution in [0, 0.1) is 0 Å². The zero-order valence-electron chi connectivity index (χ0n) is 9.41. The molecule has 92 valence electrons. The summed E-state index contributed by atoms with van der Waals surface area (Å²) in [4.78, 5) is 0. The molecule has 0 radical (unpaired) electrons. The second-order valence-electron chi connectivity index (χ2n) is 4.47. The van der Waals surface area contributed by atoms with Crippen molar-refractivity contribution in [3.63, 3.8) is 0 Å². The van der Waals surface area contributed by atoms with E-state index in [0.717, 1.165) is 5.56 Å². The number of hydrogen-bond donors (Lipinski definition) is 2. The van der Waals surface area contributed by atoms with Crippen molar-refractivity contribution < 1.29 is 18.5 Å². The molecule has 2 rings (SSSR count). The molecule has 1 fully saturated rings. The van der Waals surface area contributed by atoms with Crippen molar-refractivity contribution in [2.24, 2.45) is 0 Å². The van der Waals surface area contributed by atoms with Gasteiger partial charge in [0.15, 0.2) is 0 Å². The van der Waals surface area contributed by atoms with E-state index in [0.29, 0.717) is 18.3 Å². The zero-order valence-corrected chi connectivity index (χ0v) is 10.2. The quantitative estimate of drug-likeness (QED) is 0.708. The van der Waals surface area contributed by atoms with Gasteiger partial charge in [0.05, 0.1) is 11.5 Å². The third-order valence-corrected chi connectivity index (χ3v) is 4.98. The van der Waals surface area contributed by atoms with Crippen molar-refractivity contribution in [3.05, 3.63) is 29.8 Å². The molecule has 0 aromatic heterocycles. The summed E-state index contributed by atoms with van der Waals surface area (Å²) >= 11 is 0. The van der Waals surface area contributed by atoms with Gasteiger partial charge in [0.2, 0.25) is 0 Å². The summed E-state index contributed by atoms with van der Waals surface area (Å²) in [5.74, 6) is 0.771. The molecule has 1 aliphatic heterocycles. The van der Waals surface area contributed by atoms with Crippen molar-refractivity contribution in [1.29, 1.82) is 0 Å². The summed E-state index contributed by atoms with van der Waals surface area (Å²) < 4.78 is 22.6. The predicted molar refractivity (Wildman–Crippen MR) is 66.9 cm³/mol. The first-order chi connectivity index (χ1) is 7.98. The maximum absolute atomic E-state index is 11.3. The Kier molecular flexibility index (Phi) is 3.56. The average molecular weight is 254 g/mol. The van der Waals surface area contributed by atoms with Crippen LogP contribution in [0.3, 0.4) is 0 Å². The van der Waals surface area contributed by atoms with E-state index in [1.807, 2.05) is 12.1 Å². The lowest BCUT2D eigenvalue weighted by molar-refractivity contribution is 0.425. The highest BCUT2D eigenvalue weighted by molar-refractivity contribution is 7.91. The van der Waals surface area contributed by atoms with Gasteiger partial charge in [-0.3, -0.25) is 0 Å². The van der Waals surface area contributed by atoms with Crippen LogP contribution in [0.5, 0.6) is 0 Å². The fraction of sp³-hybridized carbons (Fsp3) is 0.455. The molecule has 1 heterocycles. The number of sulfone groups is 1. The van der Waals surface area contributed by atoms with Crippen LogP contribution in [0.25, 0.3) is 0 Å². The standard InChI is InChI=1S/C11H15BO4S/c13-12(14)11-3-1-9(2-4-11)10-5-7-17(15,16)8-6-10/h1-4,10,13-14H,5-8H2. The van der Waals surface area contributed by atoms with Gasteiger partial charge in [-0.05, 0) is 29.8 Å². The largest absolute Gasteiger partial charge is 0.488 e. The summed E-state index contributed by atoms with van der Waals surface area (Å²) in [7, 11) is -4.27. The lowest BCUT2D eigenvalue weighted by Gasteiger charge is -2.22. The molecule has 0 bridgehead atoms. The first-order valence-corrected chi connectivity index (χ1v) is 7.46. The molecular weight excluding hydrogens is 239 g/mol. The van der Waals surface area contributed by atoms with Gasteiger partial charge >= 0.3 is 7.12 Å². The van der Waals surface area contributed by atoms with Crippen LogP contribution in [0.4, 0.5) is 0 Å². The maximum atomic E-state index is 11.3. The van der Waals surface area contributed by atoms with Crippen molar-refractivity contribution >= 4 is 22.4 Å². The number of rotatable bonds is 2. The first-order valence-electron chi connectivity index (χ1n) is 5.64. The monoisotopic (exact) mass is 254 g/mol. The minimum Gasteiger partial charge on any atom is -0.423 e. The van der Waals surface area contributed by atoms with Gasteiger partial charge in [-0.2, -0.15) is 0 Å². The van der Waals surface area contributed by atoms with Crippen LogP contribution in [0.15, 0.2) is 24.3 Å². The summed E-state index contributed by atoms with van der Waals surface area (Å²) in [6.45, 7) is 0. The third kappa shape index (κ3) is 3.09. The molecule has 1 aliphatic rings. The van der Waals surface area contributed by atoms with Crippen LogP contribution in [-0.4, -0.2) is 37.1 Å². The molecule has 0 spiro atoms. The highest BCUT2D eigenvalue weighted by Gasteiger charge is 2.24. The van der Waals surface area contributed by atoms with Gasteiger partial charge in [-0.25, -0.2) is 8.42 Å². The van der Waals surface area contributed by atoms with Gasteiger partial charge in [-0.15, -0.1) is 0 Å². The van der Waals surface area contributed by atoms with Crippen molar-refractivity contribution in [2.75, 3.05) is 11.5 Å². The van der Waals surface area contributed by atoms with Crippen molar-refractivity contribution in [3.8, 4) is 0 Å². The first kappa shape index (κ1) is 12.6. The van der Waals surface area contributed by atoms with Crippen molar-refractivity contribution in [1.82, 2.24) is 0 Å². The number of benzene rings is 1. The highest BCUT2D eigenvalue weighted by Crippen LogP contribution is 2.28. The Bertz CT molecular complexity index is 467. The van der Waals surface area contributed by atoms with Gasteiger partial charge in [-0.1, -0.05) is 24.3 Å². The van der Waals surface area contributed by atoms with Crippen LogP contribution in [0.2, 0.25) is 0 Å². The Morgan fingerprint density at radius 2 is 1.59 bits per heavy atom. The van der Waals surface area contributed by atoms with E-state index in [4.69, 9.17) is 10.0 Å². The Labute approximate surface area is 101 Å². The third-order valence-electron chi connectivity index (χ3n) is 3.26. The fourth-order valence-electron chi connectivity index (χ4n) is 2.16. The van der Waals surface area contributed by atoms with E-state index < -0.39 is 17.0 Å². The molecular formula is C11H15BO4S. The highest BCUT2D eigenvalue weighted by atomic mass is 32.2. The summed E-state index contributed by atoms with van der Waals surface area (Å²) in [6, 6.07) is 7.03. The second kappa shape index (κ2) is 4.80. The molecule has 17 heavy (non-hydrogen) atoms. The summed E-state index contributed by atoms with van der Waals surface area (Å²) in [5.41, 5.74) is 1.53. The Morgan fingerprint density at radius 3 is 2.06 bits per heavy atom. The molecule has 0 aliphatic carbocycles. The van der Waals surface area contributed by atoms with Gasteiger partial charge in [0.1, 0.15) is 9.84 Å². The summed E-state index contributed by atoms with van der Waals surface area (Å²) in [5, 5.41) is 17.9. The molecule has 0 atom stereocenters. The predicted octanol–water partition coefficient (Wildman–Crippen LogP) is -0.341. The van der Waals surface area contributed by atoms with E-state index in [2.05, 4.69) is 0 Å². The van der Waals surface area contributed by atoms with E-state index in [1.54, 1.807) is 12.1 Å². The average Bonchev–Trinajstić information content (AvgIpc) is 2.29. The molecule has 0 unspecified atom stereocenters. The van der Waals surface area contributed by atoms with Gasteiger partial charge in [0.25, 0.3) is 0 Å². The Balaban J connectivity index is 2.09. The molecule has 1 saturated heterocycles. The van der Waals surface area contributed by atoms with Gasteiger partial charge in [0, 0.05) is 0 Å². The van der Waals surface area contributed by atoms with Crippen LogP contribution < -0.4 is 5.46 Å². The SMILES string of the molecule is O=S1(=O)CCC(c2ccc(B(O)O)cc2)CC1. The minimum absolute atomic E-state index is 0.252. The molecule has 0 saturated carbocycles. The lowest BCUT2D eigenvalue weighted by Crippen LogP contribution is -2.29. The van der Waals surface area contributed by atoms with Gasteiger partial charge < -0.3 is 10.0 Å². The molecule has 2 N–H and O–H groups in total. The fourth-order valence-corrected chi connectivity index (χ4v) is 3.66. The summed E-state index contributed by atoms with van der Waals surface area (Å²) in [6.07, 6.45) is 1.31. The van der Waals surface area contributed by atoms with E-state index >= 15 is 0 Å². The second-order valence-corrected chi connectivity index (χ2v) is 6.77. The zero-order chi connectivity index (χ0) is 12.5.